The van der Waals surface area contributed by atoms with Crippen LogP contribution in [0.4, 0.5) is 0 Å². The summed E-state index contributed by atoms with van der Waals surface area (Å²) in [5.41, 5.74) is 3.09. The highest BCUT2D eigenvalue weighted by molar-refractivity contribution is 9.10. The first-order chi connectivity index (χ1) is 10.0. The Morgan fingerprint density at radius 3 is 2.76 bits per heavy atom. The van der Waals surface area contributed by atoms with Gasteiger partial charge in [-0.15, -0.1) is 0 Å². The number of carbonyl (C=O) groups is 1. The van der Waals surface area contributed by atoms with Crippen LogP contribution in [0.25, 0.3) is 0 Å². The van der Waals surface area contributed by atoms with E-state index in [1.807, 2.05) is 37.8 Å². The predicted molar refractivity (Wildman–Crippen MR) is 83.8 cm³/mol. The molecule has 0 radical (unpaired) electrons. The van der Waals surface area contributed by atoms with Crippen LogP contribution in [0.2, 0.25) is 0 Å². The van der Waals surface area contributed by atoms with Crippen molar-refractivity contribution in [1.82, 2.24) is 24.9 Å². The third-order valence-electron chi connectivity index (χ3n) is 3.43. The molecule has 0 aliphatic carbocycles. The Labute approximate surface area is 132 Å². The van der Waals surface area contributed by atoms with E-state index in [9.17, 15) is 4.79 Å². The zero-order valence-corrected chi connectivity index (χ0v) is 14.1. The van der Waals surface area contributed by atoms with E-state index >= 15 is 0 Å². The monoisotopic (exact) mass is 353 g/mol. The van der Waals surface area contributed by atoms with Crippen molar-refractivity contribution in [1.29, 1.82) is 0 Å². The van der Waals surface area contributed by atoms with Crippen molar-refractivity contribution in [2.45, 2.75) is 46.8 Å². The van der Waals surface area contributed by atoms with Gasteiger partial charge in [-0.3, -0.25) is 14.2 Å². The molecule has 0 aliphatic rings. The van der Waals surface area contributed by atoms with Crippen LogP contribution in [0.3, 0.4) is 0 Å². The number of hydrogen-bond acceptors (Lipinski definition) is 3. The van der Waals surface area contributed by atoms with Crippen LogP contribution < -0.4 is 5.32 Å². The van der Waals surface area contributed by atoms with Crippen LogP contribution >= 0.6 is 15.9 Å². The van der Waals surface area contributed by atoms with Gasteiger partial charge in [-0.25, -0.2) is 0 Å². The summed E-state index contributed by atoms with van der Waals surface area (Å²) >= 11 is 3.41. The molecular weight excluding hydrogens is 334 g/mol. The van der Waals surface area contributed by atoms with Crippen molar-refractivity contribution >= 4 is 21.8 Å². The van der Waals surface area contributed by atoms with Gasteiger partial charge >= 0.3 is 0 Å². The smallest absolute Gasteiger partial charge is 0.222 e. The highest BCUT2D eigenvalue weighted by atomic mass is 79.9. The Morgan fingerprint density at radius 1 is 1.43 bits per heavy atom. The number of halogens is 1. The summed E-state index contributed by atoms with van der Waals surface area (Å²) in [5.74, 6) is 0.0166. The molecule has 0 saturated heterocycles. The third kappa shape index (κ3) is 3.93. The summed E-state index contributed by atoms with van der Waals surface area (Å²) in [5, 5.41) is 11.5. The molecule has 0 aromatic carbocycles. The summed E-state index contributed by atoms with van der Waals surface area (Å²) in [6, 6.07) is 0. The summed E-state index contributed by atoms with van der Waals surface area (Å²) in [6.07, 6.45) is 4.11. The first kappa shape index (κ1) is 15.8. The number of aryl methyl sites for hydroxylation is 3. The van der Waals surface area contributed by atoms with E-state index in [1.54, 1.807) is 4.68 Å². The summed E-state index contributed by atoms with van der Waals surface area (Å²) in [6.45, 7) is 7.93. The molecule has 0 atom stereocenters. The minimum Gasteiger partial charge on any atom is -0.352 e. The van der Waals surface area contributed by atoms with Crippen molar-refractivity contribution in [2.75, 3.05) is 0 Å². The number of hydrogen-bond donors (Lipinski definition) is 1. The van der Waals surface area contributed by atoms with Crippen LogP contribution in [0.1, 0.15) is 30.3 Å². The molecule has 2 rings (SSSR count). The second kappa shape index (κ2) is 6.89. The third-order valence-corrected chi connectivity index (χ3v) is 4.21. The van der Waals surface area contributed by atoms with Gasteiger partial charge in [-0.2, -0.15) is 10.2 Å². The molecule has 0 unspecified atom stereocenters. The van der Waals surface area contributed by atoms with Gasteiger partial charge in [0, 0.05) is 43.5 Å². The maximum atomic E-state index is 11.9. The summed E-state index contributed by atoms with van der Waals surface area (Å²) < 4.78 is 4.66. The Bertz CT molecular complexity index is 612. The molecule has 7 heteroatoms. The zero-order valence-electron chi connectivity index (χ0n) is 12.6. The molecule has 0 aliphatic heterocycles. The Kier molecular flexibility index (Phi) is 5.17. The van der Waals surface area contributed by atoms with E-state index in [-0.39, 0.29) is 5.91 Å². The number of carbonyl (C=O) groups excluding carboxylic acids is 1. The van der Waals surface area contributed by atoms with Crippen LogP contribution in [0.15, 0.2) is 16.9 Å². The van der Waals surface area contributed by atoms with Gasteiger partial charge in [-0.05, 0) is 36.7 Å². The molecule has 0 spiro atoms. The molecule has 1 N–H and O–H groups in total. The quantitative estimate of drug-likeness (QED) is 0.865. The minimum atomic E-state index is 0.0166. The Hall–Kier alpha value is -1.63. The topological polar surface area (TPSA) is 64.7 Å². The summed E-state index contributed by atoms with van der Waals surface area (Å²) in [4.78, 5) is 11.9. The Balaban J connectivity index is 1.80. The number of amides is 1. The molecule has 2 heterocycles. The maximum absolute atomic E-state index is 11.9. The molecule has 1 amide bonds. The highest BCUT2D eigenvalue weighted by Crippen LogP contribution is 2.13. The lowest BCUT2D eigenvalue weighted by atomic mass is 10.2. The fourth-order valence-electron chi connectivity index (χ4n) is 2.08. The normalized spacial score (nSPS) is 10.9. The number of nitrogens with one attached hydrogen (secondary N) is 1. The second-order valence-electron chi connectivity index (χ2n) is 4.92. The van der Waals surface area contributed by atoms with Crippen LogP contribution in [0.5, 0.6) is 0 Å². The Morgan fingerprint density at radius 2 is 2.19 bits per heavy atom. The molecule has 114 valence electrons. The zero-order chi connectivity index (χ0) is 15.4. The fourth-order valence-corrected chi connectivity index (χ4v) is 2.40. The van der Waals surface area contributed by atoms with Crippen LogP contribution in [-0.4, -0.2) is 25.5 Å². The fraction of sp³-hybridized carbons (Fsp3) is 0.500. The first-order valence-corrected chi connectivity index (χ1v) is 7.78. The van der Waals surface area contributed by atoms with Gasteiger partial charge < -0.3 is 5.32 Å². The second-order valence-corrected chi connectivity index (χ2v) is 5.78. The van der Waals surface area contributed by atoms with Crippen LogP contribution in [0, 0.1) is 13.8 Å². The maximum Gasteiger partial charge on any atom is 0.222 e. The van der Waals surface area contributed by atoms with E-state index in [0.717, 1.165) is 28.0 Å². The molecule has 0 fully saturated rings. The van der Waals surface area contributed by atoms with Gasteiger partial charge in [0.25, 0.3) is 0 Å². The van der Waals surface area contributed by atoms with E-state index in [0.29, 0.717) is 19.5 Å². The van der Waals surface area contributed by atoms with E-state index in [4.69, 9.17) is 0 Å². The van der Waals surface area contributed by atoms with Gasteiger partial charge in [0.15, 0.2) is 0 Å². The van der Waals surface area contributed by atoms with E-state index < -0.39 is 0 Å². The predicted octanol–water partition coefficient (Wildman–Crippen LogP) is 2.19. The van der Waals surface area contributed by atoms with Crippen LogP contribution in [-0.2, 0) is 24.4 Å². The van der Waals surface area contributed by atoms with Crippen molar-refractivity contribution in [3.05, 3.63) is 33.8 Å². The number of rotatable bonds is 6. The average Bonchev–Trinajstić information content (AvgIpc) is 2.97. The molecule has 0 bridgehead atoms. The molecule has 2 aromatic rings. The number of nitrogens with zero attached hydrogens (tertiary/aromatic N) is 4. The van der Waals surface area contributed by atoms with Gasteiger partial charge in [0.1, 0.15) is 0 Å². The summed E-state index contributed by atoms with van der Waals surface area (Å²) in [7, 11) is 0. The standard InChI is InChI=1S/C14H20BrN5O/c1-4-20-11(3)12(8-17-20)7-16-14(21)5-6-19-9-13(15)10(2)18-19/h8-9H,4-7H2,1-3H3,(H,16,21). The number of aromatic nitrogens is 4. The van der Waals surface area contributed by atoms with Gasteiger partial charge in [0.05, 0.1) is 16.4 Å². The van der Waals surface area contributed by atoms with E-state index in [2.05, 4.69) is 31.4 Å². The molecule has 6 nitrogen and oxygen atoms in total. The lowest BCUT2D eigenvalue weighted by Gasteiger charge is -2.06. The highest BCUT2D eigenvalue weighted by Gasteiger charge is 2.08. The minimum absolute atomic E-state index is 0.0166. The molecule has 2 aromatic heterocycles. The van der Waals surface area contributed by atoms with Gasteiger partial charge in [-0.1, -0.05) is 0 Å². The van der Waals surface area contributed by atoms with E-state index in [1.165, 1.54) is 0 Å². The first-order valence-electron chi connectivity index (χ1n) is 6.98. The molecular formula is C14H20BrN5O. The molecule has 0 saturated carbocycles. The van der Waals surface area contributed by atoms with Crippen molar-refractivity contribution in [2.24, 2.45) is 0 Å². The average molecular weight is 354 g/mol. The molecule has 21 heavy (non-hydrogen) atoms. The van der Waals surface area contributed by atoms with Crippen molar-refractivity contribution in [3.8, 4) is 0 Å². The van der Waals surface area contributed by atoms with Gasteiger partial charge in [0.2, 0.25) is 5.91 Å². The SMILES string of the molecule is CCn1ncc(CNC(=O)CCn2cc(Br)c(C)n2)c1C. The van der Waals surface area contributed by atoms with Crippen molar-refractivity contribution < 1.29 is 4.79 Å². The van der Waals surface area contributed by atoms with Crippen molar-refractivity contribution in [3.63, 3.8) is 0 Å². The lowest BCUT2D eigenvalue weighted by molar-refractivity contribution is -0.121. The lowest BCUT2D eigenvalue weighted by Crippen LogP contribution is -2.24. The largest absolute Gasteiger partial charge is 0.352 e.